The molecule has 0 amide bonds. The Bertz CT molecular complexity index is 1860. The van der Waals surface area contributed by atoms with E-state index in [2.05, 4.69) is 155 Å². The highest BCUT2D eigenvalue weighted by molar-refractivity contribution is 5.78. The molecule has 0 unspecified atom stereocenters. The van der Waals surface area contributed by atoms with E-state index in [0.717, 1.165) is 58.1 Å². The van der Waals surface area contributed by atoms with Crippen molar-refractivity contribution in [1.29, 1.82) is 0 Å². The SMILES string of the molecule is COC(=O)CCc1ccc(N(c2ccccc2)c2ccc(CCc3ccc(N(c4ccccc4)c4ccc(CCC(=O)OC)cc4)cc3)cc2)cc1. The van der Waals surface area contributed by atoms with Crippen LogP contribution in [0.5, 0.6) is 0 Å². The predicted octanol–water partition coefficient (Wildman–Crippen LogP) is 10.6. The number of hydrogen-bond donors (Lipinski definition) is 0. The Morgan fingerprint density at radius 3 is 0.885 bits per heavy atom. The zero-order chi connectivity index (χ0) is 36.1. The monoisotopic (exact) mass is 688 g/mol. The van der Waals surface area contributed by atoms with Crippen molar-refractivity contribution in [2.24, 2.45) is 0 Å². The van der Waals surface area contributed by atoms with Crippen molar-refractivity contribution in [1.82, 2.24) is 0 Å². The maximum atomic E-state index is 11.6. The number of aryl methyl sites for hydroxylation is 4. The largest absolute Gasteiger partial charge is 0.469 e. The molecule has 0 saturated heterocycles. The average Bonchev–Trinajstić information content (AvgIpc) is 3.21. The molecule has 0 atom stereocenters. The maximum Gasteiger partial charge on any atom is 0.305 e. The molecule has 0 aliphatic heterocycles. The first kappa shape index (κ1) is 35.7. The third-order valence-corrected chi connectivity index (χ3v) is 9.20. The van der Waals surface area contributed by atoms with Crippen LogP contribution in [0.4, 0.5) is 34.1 Å². The fourth-order valence-electron chi connectivity index (χ4n) is 6.28. The van der Waals surface area contributed by atoms with E-state index in [1.165, 1.54) is 25.3 Å². The summed E-state index contributed by atoms with van der Waals surface area (Å²) in [5, 5.41) is 0. The van der Waals surface area contributed by atoms with E-state index < -0.39 is 0 Å². The Balaban J connectivity index is 1.14. The van der Waals surface area contributed by atoms with Crippen LogP contribution in [-0.4, -0.2) is 26.2 Å². The van der Waals surface area contributed by atoms with Gasteiger partial charge in [0.1, 0.15) is 0 Å². The van der Waals surface area contributed by atoms with Crippen molar-refractivity contribution in [2.75, 3.05) is 24.0 Å². The van der Waals surface area contributed by atoms with Crippen molar-refractivity contribution in [3.63, 3.8) is 0 Å². The number of carbonyl (C=O) groups excluding carboxylic acids is 2. The average molecular weight is 689 g/mol. The molecule has 52 heavy (non-hydrogen) atoms. The van der Waals surface area contributed by atoms with Crippen LogP contribution < -0.4 is 9.80 Å². The third kappa shape index (κ3) is 9.34. The summed E-state index contributed by atoms with van der Waals surface area (Å²) in [4.78, 5) is 27.7. The number of benzene rings is 6. The normalized spacial score (nSPS) is 10.7. The lowest BCUT2D eigenvalue weighted by Gasteiger charge is -2.26. The lowest BCUT2D eigenvalue weighted by atomic mass is 10.0. The predicted molar refractivity (Wildman–Crippen MR) is 210 cm³/mol. The second-order valence-corrected chi connectivity index (χ2v) is 12.7. The minimum absolute atomic E-state index is 0.199. The molecule has 0 aromatic heterocycles. The van der Waals surface area contributed by atoms with Crippen LogP contribution in [0.15, 0.2) is 158 Å². The minimum atomic E-state index is -0.199. The number of carbonyl (C=O) groups is 2. The second kappa shape index (κ2) is 17.7. The van der Waals surface area contributed by atoms with Gasteiger partial charge in [-0.15, -0.1) is 0 Å². The zero-order valence-corrected chi connectivity index (χ0v) is 29.8. The summed E-state index contributed by atoms with van der Waals surface area (Å²) in [5.41, 5.74) is 11.2. The van der Waals surface area contributed by atoms with Gasteiger partial charge >= 0.3 is 11.9 Å². The van der Waals surface area contributed by atoms with E-state index in [4.69, 9.17) is 9.47 Å². The van der Waals surface area contributed by atoms with E-state index >= 15 is 0 Å². The quantitative estimate of drug-likeness (QED) is 0.100. The van der Waals surface area contributed by atoms with Crippen molar-refractivity contribution >= 4 is 46.1 Å². The molecule has 6 aromatic rings. The minimum Gasteiger partial charge on any atom is -0.469 e. The number of esters is 2. The molecule has 0 aliphatic carbocycles. The highest BCUT2D eigenvalue weighted by Gasteiger charge is 2.15. The molecule has 0 N–H and O–H groups in total. The summed E-state index contributed by atoms with van der Waals surface area (Å²) in [7, 11) is 2.85. The molecule has 0 radical (unpaired) electrons. The van der Waals surface area contributed by atoms with Gasteiger partial charge < -0.3 is 19.3 Å². The van der Waals surface area contributed by atoms with Crippen molar-refractivity contribution in [3.05, 3.63) is 180 Å². The third-order valence-electron chi connectivity index (χ3n) is 9.20. The molecule has 262 valence electrons. The molecule has 0 fully saturated rings. The fraction of sp³-hybridized carbons (Fsp3) is 0.174. The zero-order valence-electron chi connectivity index (χ0n) is 29.8. The molecule has 0 spiro atoms. The van der Waals surface area contributed by atoms with Gasteiger partial charge in [-0.1, -0.05) is 84.9 Å². The van der Waals surface area contributed by atoms with Crippen LogP contribution in [0.2, 0.25) is 0 Å². The lowest BCUT2D eigenvalue weighted by molar-refractivity contribution is -0.141. The number of methoxy groups -OCH3 is 2. The van der Waals surface area contributed by atoms with Gasteiger partial charge in [-0.3, -0.25) is 9.59 Å². The van der Waals surface area contributed by atoms with Crippen molar-refractivity contribution in [2.45, 2.75) is 38.5 Å². The number of anilines is 6. The summed E-state index contributed by atoms with van der Waals surface area (Å²) in [6, 6.07) is 55.1. The van der Waals surface area contributed by atoms with Crippen LogP contribution in [0.3, 0.4) is 0 Å². The molecule has 6 aromatic carbocycles. The number of ether oxygens (including phenoxy) is 2. The first-order valence-corrected chi connectivity index (χ1v) is 17.7. The summed E-state index contributed by atoms with van der Waals surface area (Å²) in [5.74, 6) is -0.398. The standard InChI is InChI=1S/C46H44N2O4/c1-51-45(49)33-23-37-19-29-43(30-20-37)47(39-9-5-3-6-10-39)41-25-15-35(16-26-41)13-14-36-17-27-42(28-18-36)48(40-11-7-4-8-12-40)44-31-21-38(22-32-44)24-34-46(50)52-2/h3-12,15-22,25-32H,13-14,23-24,33-34H2,1-2H3. The summed E-state index contributed by atoms with van der Waals surface area (Å²) in [6.07, 6.45) is 3.88. The Hall–Kier alpha value is -6.14. The molecular formula is C46H44N2O4. The smallest absolute Gasteiger partial charge is 0.305 e. The van der Waals surface area contributed by atoms with Gasteiger partial charge in [-0.25, -0.2) is 0 Å². The molecule has 0 heterocycles. The number of para-hydroxylation sites is 2. The number of nitrogens with zero attached hydrogens (tertiary/aromatic N) is 2. The molecule has 6 nitrogen and oxygen atoms in total. The van der Waals surface area contributed by atoms with Crippen LogP contribution >= 0.6 is 0 Å². The van der Waals surface area contributed by atoms with Gasteiger partial charge in [-0.05, 0) is 121 Å². The van der Waals surface area contributed by atoms with Gasteiger partial charge in [0.15, 0.2) is 0 Å². The lowest BCUT2D eigenvalue weighted by Crippen LogP contribution is -2.10. The van der Waals surface area contributed by atoms with Crippen LogP contribution in [-0.2, 0) is 44.7 Å². The first-order chi connectivity index (χ1) is 25.5. The van der Waals surface area contributed by atoms with E-state index in [0.29, 0.717) is 25.7 Å². The molecule has 6 rings (SSSR count). The summed E-state index contributed by atoms with van der Waals surface area (Å²) >= 11 is 0. The molecule has 0 aliphatic rings. The van der Waals surface area contributed by atoms with Gasteiger partial charge in [0.25, 0.3) is 0 Å². The molecule has 6 heteroatoms. The van der Waals surface area contributed by atoms with Crippen LogP contribution in [0.25, 0.3) is 0 Å². The summed E-state index contributed by atoms with van der Waals surface area (Å²) < 4.78 is 9.61. The molecule has 0 saturated carbocycles. The highest BCUT2D eigenvalue weighted by atomic mass is 16.5. The molecule has 0 bridgehead atoms. The maximum absolute atomic E-state index is 11.6. The Kier molecular flexibility index (Phi) is 12.1. The van der Waals surface area contributed by atoms with Crippen molar-refractivity contribution in [3.8, 4) is 0 Å². The first-order valence-electron chi connectivity index (χ1n) is 17.7. The van der Waals surface area contributed by atoms with Crippen LogP contribution in [0, 0.1) is 0 Å². The highest BCUT2D eigenvalue weighted by Crippen LogP contribution is 2.36. The number of hydrogen-bond acceptors (Lipinski definition) is 6. The van der Waals surface area contributed by atoms with Gasteiger partial charge in [0.05, 0.1) is 14.2 Å². The van der Waals surface area contributed by atoms with E-state index in [9.17, 15) is 9.59 Å². The summed E-state index contributed by atoms with van der Waals surface area (Å²) in [6.45, 7) is 0. The molecular weight excluding hydrogens is 645 g/mol. The van der Waals surface area contributed by atoms with Gasteiger partial charge in [0, 0.05) is 47.0 Å². The Labute approximate surface area is 306 Å². The second-order valence-electron chi connectivity index (χ2n) is 12.7. The number of rotatable bonds is 15. The Morgan fingerprint density at radius 1 is 0.365 bits per heavy atom. The fourth-order valence-corrected chi connectivity index (χ4v) is 6.28. The van der Waals surface area contributed by atoms with Gasteiger partial charge in [-0.2, -0.15) is 0 Å². The van der Waals surface area contributed by atoms with Gasteiger partial charge in [0.2, 0.25) is 0 Å². The van der Waals surface area contributed by atoms with Crippen LogP contribution in [0.1, 0.15) is 35.1 Å². The Morgan fingerprint density at radius 2 is 0.615 bits per heavy atom. The van der Waals surface area contributed by atoms with E-state index in [1.54, 1.807) is 0 Å². The van der Waals surface area contributed by atoms with E-state index in [1.807, 2.05) is 12.1 Å². The van der Waals surface area contributed by atoms with Crippen molar-refractivity contribution < 1.29 is 19.1 Å². The van der Waals surface area contributed by atoms with E-state index in [-0.39, 0.29) is 11.9 Å². The topological polar surface area (TPSA) is 59.1 Å².